The molecule has 0 N–H and O–H groups in total. The highest BCUT2D eigenvalue weighted by atomic mass is 79.9. The molecule has 2 nitrogen and oxygen atoms in total. The van der Waals surface area contributed by atoms with Gasteiger partial charge in [-0.25, -0.2) is 4.98 Å². The van der Waals surface area contributed by atoms with Crippen LogP contribution in [0.4, 0.5) is 0 Å². The third-order valence-corrected chi connectivity index (χ3v) is 5.07. The monoisotopic (exact) mass is 387 g/mol. The van der Waals surface area contributed by atoms with Gasteiger partial charge in [-0.2, -0.15) is 0 Å². The van der Waals surface area contributed by atoms with E-state index in [2.05, 4.69) is 52.3 Å². The lowest BCUT2D eigenvalue weighted by molar-refractivity contribution is 0.243. The lowest BCUT2D eigenvalue weighted by Gasteiger charge is -2.28. The van der Waals surface area contributed by atoms with Crippen LogP contribution in [0.25, 0.3) is 22.2 Å². The molecule has 25 heavy (non-hydrogen) atoms. The molecular formula is C22H14BrNO. The van der Waals surface area contributed by atoms with Crippen LogP contribution in [0.3, 0.4) is 0 Å². The third-order valence-electron chi connectivity index (χ3n) is 4.58. The van der Waals surface area contributed by atoms with Crippen LogP contribution in [-0.4, -0.2) is 4.98 Å². The highest BCUT2D eigenvalue weighted by Gasteiger charge is 2.28. The second-order valence-corrected chi connectivity index (χ2v) is 7.08. The van der Waals surface area contributed by atoms with E-state index < -0.39 is 0 Å². The Morgan fingerprint density at radius 1 is 0.840 bits per heavy atom. The van der Waals surface area contributed by atoms with E-state index in [1.54, 1.807) is 0 Å². The normalized spacial score (nSPS) is 15.3. The molecule has 1 aliphatic rings. The average molecular weight is 388 g/mol. The summed E-state index contributed by atoms with van der Waals surface area (Å²) in [4.78, 5) is 4.97. The molecular weight excluding hydrogens is 374 g/mol. The number of halogens is 1. The number of benzene rings is 3. The zero-order valence-corrected chi connectivity index (χ0v) is 14.9. The van der Waals surface area contributed by atoms with E-state index >= 15 is 0 Å². The van der Waals surface area contributed by atoms with Crippen LogP contribution in [0.15, 0.2) is 83.3 Å². The van der Waals surface area contributed by atoms with Crippen LogP contribution in [0.2, 0.25) is 0 Å². The van der Waals surface area contributed by atoms with E-state index in [0.29, 0.717) is 0 Å². The second kappa shape index (κ2) is 5.71. The fourth-order valence-electron chi connectivity index (χ4n) is 3.41. The first-order valence-electron chi connectivity index (χ1n) is 8.21. The minimum absolute atomic E-state index is 0.151. The molecule has 0 radical (unpaired) electrons. The summed E-state index contributed by atoms with van der Waals surface area (Å²) in [5, 5.41) is 1.11. The summed E-state index contributed by atoms with van der Waals surface area (Å²) in [7, 11) is 0. The number of ether oxygens (including phenoxy) is 1. The fraction of sp³-hybridized carbons (Fsp3) is 0.0455. The lowest BCUT2D eigenvalue weighted by atomic mass is 9.92. The van der Waals surface area contributed by atoms with Crippen LogP contribution in [0, 0.1) is 0 Å². The van der Waals surface area contributed by atoms with Gasteiger partial charge in [0.15, 0.2) is 6.10 Å². The zero-order chi connectivity index (χ0) is 16.8. The molecule has 1 aliphatic heterocycles. The van der Waals surface area contributed by atoms with Gasteiger partial charge in [0, 0.05) is 21.0 Å². The van der Waals surface area contributed by atoms with Gasteiger partial charge >= 0.3 is 0 Å². The van der Waals surface area contributed by atoms with Crippen molar-refractivity contribution in [2.24, 2.45) is 0 Å². The van der Waals surface area contributed by atoms with Gasteiger partial charge in [0.2, 0.25) is 0 Å². The summed E-state index contributed by atoms with van der Waals surface area (Å²) in [5.41, 5.74) is 5.29. The quantitative estimate of drug-likeness (QED) is 0.390. The molecule has 0 amide bonds. The van der Waals surface area contributed by atoms with E-state index in [1.807, 2.05) is 42.5 Å². The number of hydrogen-bond acceptors (Lipinski definition) is 2. The van der Waals surface area contributed by atoms with E-state index in [-0.39, 0.29) is 6.10 Å². The molecule has 0 bridgehead atoms. The van der Waals surface area contributed by atoms with Crippen molar-refractivity contribution >= 4 is 26.8 Å². The smallest absolute Gasteiger partial charge is 0.151 e. The van der Waals surface area contributed by atoms with Gasteiger partial charge in [-0.05, 0) is 42.0 Å². The molecule has 120 valence electrons. The first kappa shape index (κ1) is 14.7. The van der Waals surface area contributed by atoms with Gasteiger partial charge in [-0.3, -0.25) is 0 Å². The summed E-state index contributed by atoms with van der Waals surface area (Å²) < 4.78 is 7.42. The maximum atomic E-state index is 6.37. The van der Waals surface area contributed by atoms with E-state index in [1.165, 1.54) is 0 Å². The number of pyridine rings is 1. The molecule has 3 heteroatoms. The van der Waals surface area contributed by atoms with E-state index in [9.17, 15) is 0 Å². The Kier molecular flexibility index (Phi) is 3.35. The van der Waals surface area contributed by atoms with Crippen molar-refractivity contribution in [3.05, 3.63) is 94.5 Å². The molecule has 2 heterocycles. The largest absolute Gasteiger partial charge is 0.480 e. The zero-order valence-electron chi connectivity index (χ0n) is 13.3. The maximum Gasteiger partial charge on any atom is 0.151 e. The summed E-state index contributed by atoms with van der Waals surface area (Å²) in [6.45, 7) is 0. The minimum atomic E-state index is -0.151. The number of fused-ring (bicyclic) bond motifs is 4. The first-order chi connectivity index (χ1) is 12.3. The van der Waals surface area contributed by atoms with E-state index in [0.717, 1.165) is 43.5 Å². The maximum absolute atomic E-state index is 6.37. The summed E-state index contributed by atoms with van der Waals surface area (Å²) in [6.07, 6.45) is -0.151. The van der Waals surface area contributed by atoms with Crippen molar-refractivity contribution in [3.8, 4) is 17.0 Å². The number of nitrogens with zero attached hydrogens (tertiary/aromatic N) is 1. The molecule has 1 unspecified atom stereocenters. The number of hydrogen-bond donors (Lipinski definition) is 0. The van der Waals surface area contributed by atoms with Crippen molar-refractivity contribution in [2.45, 2.75) is 6.10 Å². The lowest BCUT2D eigenvalue weighted by Crippen LogP contribution is -2.16. The molecule has 1 atom stereocenters. The van der Waals surface area contributed by atoms with Crippen molar-refractivity contribution in [1.82, 2.24) is 4.98 Å². The summed E-state index contributed by atoms with van der Waals surface area (Å²) in [6, 6.07) is 26.8. The topological polar surface area (TPSA) is 22.1 Å². The first-order valence-corrected chi connectivity index (χ1v) is 9.00. The van der Waals surface area contributed by atoms with Crippen molar-refractivity contribution in [3.63, 3.8) is 0 Å². The van der Waals surface area contributed by atoms with Gasteiger partial charge < -0.3 is 4.74 Å². The van der Waals surface area contributed by atoms with Gasteiger partial charge in [0.1, 0.15) is 5.75 Å². The van der Waals surface area contributed by atoms with Crippen LogP contribution in [0.1, 0.15) is 17.2 Å². The van der Waals surface area contributed by atoms with Crippen molar-refractivity contribution in [2.75, 3.05) is 0 Å². The number of rotatable bonds is 1. The predicted molar refractivity (Wildman–Crippen MR) is 104 cm³/mol. The van der Waals surface area contributed by atoms with Gasteiger partial charge in [-0.1, -0.05) is 58.4 Å². The summed E-state index contributed by atoms with van der Waals surface area (Å²) in [5.74, 6) is 0.882. The predicted octanol–water partition coefficient (Wildman–Crippen LogP) is 6.15. The van der Waals surface area contributed by atoms with Crippen LogP contribution in [-0.2, 0) is 0 Å². The van der Waals surface area contributed by atoms with Crippen LogP contribution < -0.4 is 4.74 Å². The number of aromatic nitrogens is 1. The SMILES string of the molecule is Brc1ccc2nc3c(cc2c1)C(c1ccccc1)Oc1ccccc1-3. The molecule has 0 fully saturated rings. The molecule has 0 saturated carbocycles. The van der Waals surface area contributed by atoms with Gasteiger partial charge in [0.05, 0.1) is 11.2 Å². The molecule has 3 aromatic carbocycles. The minimum Gasteiger partial charge on any atom is -0.480 e. The summed E-state index contributed by atoms with van der Waals surface area (Å²) >= 11 is 3.56. The Hall–Kier alpha value is -2.65. The van der Waals surface area contributed by atoms with Crippen molar-refractivity contribution in [1.29, 1.82) is 0 Å². The highest BCUT2D eigenvalue weighted by Crippen LogP contribution is 2.44. The molecule has 0 spiro atoms. The fourth-order valence-corrected chi connectivity index (χ4v) is 3.79. The Morgan fingerprint density at radius 3 is 2.52 bits per heavy atom. The Bertz CT molecular complexity index is 1090. The van der Waals surface area contributed by atoms with Gasteiger partial charge in [0.25, 0.3) is 0 Å². The molecule has 0 aliphatic carbocycles. The average Bonchev–Trinajstić information content (AvgIpc) is 2.66. The molecule has 5 rings (SSSR count). The third kappa shape index (κ3) is 2.43. The standard InChI is InChI=1S/C22H14BrNO/c23-16-10-11-19-15(12-16)13-18-21(24-19)17-8-4-5-9-20(17)25-22(18)14-6-2-1-3-7-14/h1-13,22H. The molecule has 4 aromatic rings. The Morgan fingerprint density at radius 2 is 1.64 bits per heavy atom. The van der Waals surface area contributed by atoms with Crippen molar-refractivity contribution < 1.29 is 4.74 Å². The Labute approximate surface area is 154 Å². The number of para-hydroxylation sites is 1. The van der Waals surface area contributed by atoms with E-state index in [4.69, 9.17) is 9.72 Å². The van der Waals surface area contributed by atoms with Gasteiger partial charge in [-0.15, -0.1) is 0 Å². The van der Waals surface area contributed by atoms with Crippen LogP contribution in [0.5, 0.6) is 5.75 Å². The van der Waals surface area contributed by atoms with Crippen LogP contribution >= 0.6 is 15.9 Å². The molecule has 0 saturated heterocycles. The second-order valence-electron chi connectivity index (χ2n) is 6.17. The molecule has 1 aromatic heterocycles. The Balaban J connectivity index is 1.82. The highest BCUT2D eigenvalue weighted by molar-refractivity contribution is 9.10.